The summed E-state index contributed by atoms with van der Waals surface area (Å²) in [6, 6.07) is 18.5. The fourth-order valence-corrected chi connectivity index (χ4v) is 2.37. The van der Waals surface area contributed by atoms with E-state index in [0.29, 0.717) is 12.5 Å². The van der Waals surface area contributed by atoms with Crippen molar-refractivity contribution in [1.82, 2.24) is 9.97 Å². The molecule has 4 nitrogen and oxygen atoms in total. The lowest BCUT2D eigenvalue weighted by Crippen LogP contribution is -2.18. The average Bonchev–Trinajstić information content (AvgIpc) is 2.62. The van der Waals surface area contributed by atoms with Crippen LogP contribution >= 0.6 is 0 Å². The van der Waals surface area contributed by atoms with Gasteiger partial charge < -0.3 is 10.2 Å². The van der Waals surface area contributed by atoms with Gasteiger partial charge in [-0.25, -0.2) is 9.37 Å². The first-order valence-corrected chi connectivity index (χ1v) is 7.77. The van der Waals surface area contributed by atoms with Crippen LogP contribution in [0.4, 0.5) is 16.2 Å². The molecule has 0 saturated heterocycles. The molecule has 0 aliphatic carbocycles. The van der Waals surface area contributed by atoms with Gasteiger partial charge in [0, 0.05) is 26.3 Å². The normalized spacial score (nSPS) is 10.4. The van der Waals surface area contributed by atoms with Crippen LogP contribution in [-0.2, 0) is 13.1 Å². The minimum atomic E-state index is -0.237. The highest BCUT2D eigenvalue weighted by Gasteiger charge is 2.05. The Balaban J connectivity index is 1.64. The average molecular weight is 322 g/mol. The molecule has 0 bridgehead atoms. The Labute approximate surface area is 141 Å². The number of nitrogens with one attached hydrogen (secondary N) is 1. The van der Waals surface area contributed by atoms with E-state index in [0.717, 1.165) is 17.9 Å². The Bertz CT molecular complexity index is 775. The van der Waals surface area contributed by atoms with Crippen molar-refractivity contribution in [2.45, 2.75) is 13.1 Å². The summed E-state index contributed by atoms with van der Waals surface area (Å²) < 4.78 is 12.9. The third-order valence-corrected chi connectivity index (χ3v) is 3.66. The van der Waals surface area contributed by atoms with Crippen molar-refractivity contribution in [3.63, 3.8) is 0 Å². The zero-order valence-corrected chi connectivity index (χ0v) is 13.5. The van der Waals surface area contributed by atoms with Crippen LogP contribution in [0, 0.1) is 5.82 Å². The highest BCUT2D eigenvalue weighted by atomic mass is 19.1. The number of aromatic nitrogens is 2. The number of hydrogen-bond donors (Lipinski definition) is 1. The number of hydrogen-bond acceptors (Lipinski definition) is 4. The monoisotopic (exact) mass is 322 g/mol. The third-order valence-electron chi connectivity index (χ3n) is 3.66. The summed E-state index contributed by atoms with van der Waals surface area (Å²) in [5.41, 5.74) is 2.20. The number of rotatable bonds is 6. The minimum absolute atomic E-state index is 0.237. The zero-order chi connectivity index (χ0) is 16.8. The van der Waals surface area contributed by atoms with Crippen LogP contribution in [-0.4, -0.2) is 17.0 Å². The van der Waals surface area contributed by atoms with Gasteiger partial charge in [-0.15, -0.1) is 0 Å². The molecule has 122 valence electrons. The van der Waals surface area contributed by atoms with Crippen molar-refractivity contribution < 1.29 is 4.39 Å². The van der Waals surface area contributed by atoms with Crippen molar-refractivity contribution >= 4 is 11.8 Å². The fraction of sp³-hybridized carbons (Fsp3) is 0.158. The SMILES string of the molecule is CN(Cc1ccccc1)c1ccnc(NCc2ccc(F)cc2)n1. The van der Waals surface area contributed by atoms with E-state index in [9.17, 15) is 4.39 Å². The van der Waals surface area contributed by atoms with Gasteiger partial charge in [-0.2, -0.15) is 4.98 Å². The first kappa shape index (κ1) is 15.9. The summed E-state index contributed by atoms with van der Waals surface area (Å²) in [4.78, 5) is 10.8. The number of benzene rings is 2. The molecular weight excluding hydrogens is 303 g/mol. The van der Waals surface area contributed by atoms with E-state index < -0.39 is 0 Å². The fourth-order valence-electron chi connectivity index (χ4n) is 2.37. The van der Waals surface area contributed by atoms with Gasteiger partial charge >= 0.3 is 0 Å². The molecule has 1 aromatic heterocycles. The van der Waals surface area contributed by atoms with E-state index >= 15 is 0 Å². The number of halogens is 1. The summed E-state index contributed by atoms with van der Waals surface area (Å²) in [5, 5.41) is 3.17. The van der Waals surface area contributed by atoms with Crippen molar-refractivity contribution in [3.8, 4) is 0 Å². The molecule has 0 saturated carbocycles. The Kier molecular flexibility index (Phi) is 5.01. The maximum Gasteiger partial charge on any atom is 0.224 e. The summed E-state index contributed by atoms with van der Waals surface area (Å²) in [6.45, 7) is 1.32. The van der Waals surface area contributed by atoms with Gasteiger partial charge in [-0.1, -0.05) is 42.5 Å². The summed E-state index contributed by atoms with van der Waals surface area (Å²) in [6.07, 6.45) is 1.73. The molecule has 3 aromatic rings. The van der Waals surface area contributed by atoms with Gasteiger partial charge in [0.15, 0.2) is 0 Å². The number of nitrogens with zero attached hydrogens (tertiary/aromatic N) is 3. The smallest absolute Gasteiger partial charge is 0.224 e. The Morgan fingerprint density at radius 3 is 2.46 bits per heavy atom. The van der Waals surface area contributed by atoms with E-state index in [1.165, 1.54) is 17.7 Å². The molecule has 24 heavy (non-hydrogen) atoms. The second-order valence-corrected chi connectivity index (χ2v) is 5.56. The van der Waals surface area contributed by atoms with Crippen molar-refractivity contribution in [2.75, 3.05) is 17.3 Å². The van der Waals surface area contributed by atoms with E-state index in [4.69, 9.17) is 0 Å². The molecule has 1 N–H and O–H groups in total. The van der Waals surface area contributed by atoms with Crippen LogP contribution in [0.15, 0.2) is 66.9 Å². The summed E-state index contributed by atoms with van der Waals surface area (Å²) in [5.74, 6) is 1.16. The van der Waals surface area contributed by atoms with Crippen LogP contribution in [0.5, 0.6) is 0 Å². The largest absolute Gasteiger partial charge is 0.355 e. The van der Waals surface area contributed by atoms with Gasteiger partial charge in [-0.05, 0) is 29.3 Å². The predicted molar refractivity (Wildman–Crippen MR) is 94.3 cm³/mol. The van der Waals surface area contributed by atoms with Gasteiger partial charge in [0.1, 0.15) is 11.6 Å². The topological polar surface area (TPSA) is 41.1 Å². The Morgan fingerprint density at radius 1 is 0.958 bits per heavy atom. The molecule has 5 heteroatoms. The second kappa shape index (κ2) is 7.55. The molecule has 0 fully saturated rings. The molecule has 0 spiro atoms. The summed E-state index contributed by atoms with van der Waals surface area (Å²) >= 11 is 0. The first-order valence-electron chi connectivity index (χ1n) is 7.77. The second-order valence-electron chi connectivity index (χ2n) is 5.56. The zero-order valence-electron chi connectivity index (χ0n) is 13.5. The van der Waals surface area contributed by atoms with Crippen molar-refractivity contribution in [3.05, 3.63) is 83.8 Å². The van der Waals surface area contributed by atoms with Crippen molar-refractivity contribution in [1.29, 1.82) is 0 Å². The van der Waals surface area contributed by atoms with Gasteiger partial charge in [0.05, 0.1) is 0 Å². The highest BCUT2D eigenvalue weighted by Crippen LogP contribution is 2.14. The van der Waals surface area contributed by atoms with Gasteiger partial charge in [0.25, 0.3) is 0 Å². The third kappa shape index (κ3) is 4.29. The number of anilines is 2. The predicted octanol–water partition coefficient (Wildman–Crippen LogP) is 3.86. The molecule has 1 heterocycles. The van der Waals surface area contributed by atoms with E-state index in [-0.39, 0.29) is 5.82 Å². The van der Waals surface area contributed by atoms with Crippen molar-refractivity contribution in [2.24, 2.45) is 0 Å². The molecule has 0 unspecified atom stereocenters. The molecule has 0 atom stereocenters. The quantitative estimate of drug-likeness (QED) is 0.748. The van der Waals surface area contributed by atoms with Gasteiger partial charge in [0.2, 0.25) is 5.95 Å². The minimum Gasteiger partial charge on any atom is -0.355 e. The maximum absolute atomic E-state index is 12.9. The molecule has 2 aromatic carbocycles. The van der Waals surface area contributed by atoms with E-state index in [1.54, 1.807) is 18.3 Å². The van der Waals surface area contributed by atoms with Crippen LogP contribution in [0.3, 0.4) is 0 Å². The molecule has 0 aliphatic rings. The molecule has 0 radical (unpaired) electrons. The van der Waals surface area contributed by atoms with Crippen LogP contribution in [0.25, 0.3) is 0 Å². The molecule has 0 aliphatic heterocycles. The van der Waals surface area contributed by atoms with Gasteiger partial charge in [-0.3, -0.25) is 0 Å². The maximum atomic E-state index is 12.9. The molecular formula is C19H19FN4. The van der Waals surface area contributed by atoms with Crippen LogP contribution < -0.4 is 10.2 Å². The van der Waals surface area contributed by atoms with Crippen LogP contribution in [0.1, 0.15) is 11.1 Å². The lowest BCUT2D eigenvalue weighted by molar-refractivity contribution is 0.627. The Morgan fingerprint density at radius 2 is 1.71 bits per heavy atom. The lowest BCUT2D eigenvalue weighted by atomic mass is 10.2. The van der Waals surface area contributed by atoms with E-state index in [1.807, 2.05) is 31.3 Å². The standard InChI is InChI=1S/C19H19FN4/c1-24(14-16-5-3-2-4-6-16)18-11-12-21-19(23-18)22-13-15-7-9-17(20)10-8-15/h2-12H,13-14H2,1H3,(H,21,22,23). The molecule has 0 amide bonds. The van der Waals surface area contributed by atoms with Crippen LogP contribution in [0.2, 0.25) is 0 Å². The lowest BCUT2D eigenvalue weighted by Gasteiger charge is -2.18. The Hall–Kier alpha value is -2.95. The first-order chi connectivity index (χ1) is 11.7. The summed E-state index contributed by atoms with van der Waals surface area (Å²) in [7, 11) is 2.00. The highest BCUT2D eigenvalue weighted by molar-refractivity contribution is 5.42. The molecule has 3 rings (SSSR count). The van der Waals surface area contributed by atoms with E-state index in [2.05, 4.69) is 32.3 Å².